The maximum absolute atomic E-state index is 11.3. The van der Waals surface area contributed by atoms with Crippen molar-refractivity contribution in [2.24, 2.45) is 0 Å². The Balaban J connectivity index is 2.41. The predicted molar refractivity (Wildman–Crippen MR) is 68.4 cm³/mol. The minimum atomic E-state index is -4.26. The summed E-state index contributed by atoms with van der Waals surface area (Å²) < 4.78 is 37.1. The smallest absolute Gasteiger partial charge is 0.294 e. The molecule has 0 amide bonds. The molecule has 1 aromatic carbocycles. The van der Waals surface area contributed by atoms with Crippen molar-refractivity contribution >= 4 is 10.1 Å². The molecule has 0 radical (unpaired) electrons. The number of rotatable bonds is 4. The summed E-state index contributed by atoms with van der Waals surface area (Å²) in [6.07, 6.45) is 0.233. The Morgan fingerprint density at radius 3 is 2.42 bits per heavy atom. The molecular formula is C13H14O5S. The third-order valence-electron chi connectivity index (χ3n) is 2.73. The van der Waals surface area contributed by atoms with Crippen molar-refractivity contribution in [3.05, 3.63) is 53.0 Å². The summed E-state index contributed by atoms with van der Waals surface area (Å²) in [5.74, 6) is 0.940. The lowest BCUT2D eigenvalue weighted by Crippen LogP contribution is -2.04. The van der Waals surface area contributed by atoms with Gasteiger partial charge < -0.3 is 9.52 Å². The van der Waals surface area contributed by atoms with Gasteiger partial charge in [-0.25, -0.2) is 0 Å². The van der Waals surface area contributed by atoms with Gasteiger partial charge in [-0.1, -0.05) is 17.7 Å². The van der Waals surface area contributed by atoms with E-state index >= 15 is 0 Å². The van der Waals surface area contributed by atoms with Crippen LogP contribution >= 0.6 is 0 Å². The second-order valence-corrected chi connectivity index (χ2v) is 5.68. The molecule has 1 aromatic heterocycles. The van der Waals surface area contributed by atoms with Crippen molar-refractivity contribution in [2.75, 3.05) is 0 Å². The van der Waals surface area contributed by atoms with E-state index in [0.29, 0.717) is 17.1 Å². The molecule has 0 unspecified atom stereocenters. The zero-order chi connectivity index (χ0) is 14.0. The molecule has 102 valence electrons. The van der Waals surface area contributed by atoms with Gasteiger partial charge in [0.1, 0.15) is 18.1 Å². The monoisotopic (exact) mass is 282 g/mol. The van der Waals surface area contributed by atoms with Crippen LogP contribution in [-0.4, -0.2) is 18.1 Å². The fourth-order valence-corrected chi connectivity index (χ4v) is 2.59. The quantitative estimate of drug-likeness (QED) is 0.836. The fourth-order valence-electron chi connectivity index (χ4n) is 1.89. The van der Waals surface area contributed by atoms with Crippen molar-refractivity contribution in [3.8, 4) is 0 Å². The first-order valence-corrected chi connectivity index (χ1v) is 7.09. The SMILES string of the molecule is Cc1ccc(S(=O)(=O)O)c(Cc2ccc(CO)o2)c1. The van der Waals surface area contributed by atoms with Crippen molar-refractivity contribution in [3.63, 3.8) is 0 Å². The third kappa shape index (κ3) is 3.23. The zero-order valence-corrected chi connectivity index (χ0v) is 11.1. The first-order chi connectivity index (χ1) is 8.90. The van der Waals surface area contributed by atoms with Crippen LogP contribution in [0.2, 0.25) is 0 Å². The maximum atomic E-state index is 11.3. The number of furan rings is 1. The van der Waals surface area contributed by atoms with Gasteiger partial charge in [0.25, 0.3) is 10.1 Å². The molecule has 0 aliphatic carbocycles. The van der Waals surface area contributed by atoms with Gasteiger partial charge in [0.15, 0.2) is 0 Å². The van der Waals surface area contributed by atoms with Crippen LogP contribution in [0.1, 0.15) is 22.6 Å². The number of aliphatic hydroxyl groups excluding tert-OH is 1. The van der Waals surface area contributed by atoms with Crippen LogP contribution < -0.4 is 0 Å². The van der Waals surface area contributed by atoms with Gasteiger partial charge in [0, 0.05) is 6.42 Å². The summed E-state index contributed by atoms with van der Waals surface area (Å²) in [5, 5.41) is 8.92. The second-order valence-electron chi connectivity index (χ2n) is 4.29. The van der Waals surface area contributed by atoms with Crippen molar-refractivity contribution in [1.82, 2.24) is 0 Å². The summed E-state index contributed by atoms with van der Waals surface area (Å²) in [4.78, 5) is -0.125. The largest absolute Gasteiger partial charge is 0.463 e. The molecule has 0 atom stereocenters. The fraction of sp³-hybridized carbons (Fsp3) is 0.231. The number of hydrogen-bond donors (Lipinski definition) is 2. The minimum absolute atomic E-state index is 0.125. The molecule has 1 heterocycles. The van der Waals surface area contributed by atoms with Crippen molar-refractivity contribution < 1.29 is 22.5 Å². The van der Waals surface area contributed by atoms with E-state index in [0.717, 1.165) is 5.56 Å². The Morgan fingerprint density at radius 2 is 1.84 bits per heavy atom. The van der Waals surface area contributed by atoms with E-state index in [2.05, 4.69) is 0 Å². The lowest BCUT2D eigenvalue weighted by Gasteiger charge is -2.07. The Labute approximate surface area is 111 Å². The Hall–Kier alpha value is -1.63. The Morgan fingerprint density at radius 1 is 1.16 bits per heavy atom. The van der Waals surface area contributed by atoms with Crippen molar-refractivity contribution in [1.29, 1.82) is 0 Å². The molecule has 0 saturated carbocycles. The van der Waals surface area contributed by atoms with Crippen LogP contribution in [0.15, 0.2) is 39.6 Å². The number of aryl methyl sites for hydroxylation is 1. The highest BCUT2D eigenvalue weighted by Crippen LogP contribution is 2.21. The summed E-state index contributed by atoms with van der Waals surface area (Å²) in [5.41, 5.74) is 1.35. The molecule has 2 aromatic rings. The summed E-state index contributed by atoms with van der Waals surface area (Å²) in [7, 11) is -4.26. The molecule has 0 aliphatic heterocycles. The van der Waals surface area contributed by atoms with Gasteiger partial charge in [-0.3, -0.25) is 4.55 Å². The van der Waals surface area contributed by atoms with E-state index in [1.165, 1.54) is 6.07 Å². The molecule has 2 rings (SSSR count). The van der Waals surface area contributed by atoms with Crippen LogP contribution in [0, 0.1) is 6.92 Å². The Bertz CT molecular complexity index is 685. The molecular weight excluding hydrogens is 268 g/mol. The molecule has 0 spiro atoms. The molecule has 2 N–H and O–H groups in total. The van der Waals surface area contributed by atoms with Crippen LogP contribution in [0.3, 0.4) is 0 Å². The first kappa shape index (κ1) is 13.8. The highest BCUT2D eigenvalue weighted by Gasteiger charge is 2.16. The maximum Gasteiger partial charge on any atom is 0.294 e. The number of aliphatic hydroxyl groups is 1. The Kier molecular flexibility index (Phi) is 3.75. The van der Waals surface area contributed by atoms with E-state index < -0.39 is 10.1 Å². The predicted octanol–water partition coefficient (Wildman–Crippen LogP) is 1.92. The molecule has 0 saturated heterocycles. The van der Waals surface area contributed by atoms with Gasteiger partial charge in [-0.2, -0.15) is 8.42 Å². The number of benzene rings is 1. The van der Waals surface area contributed by atoms with Crippen molar-refractivity contribution in [2.45, 2.75) is 24.8 Å². The average molecular weight is 282 g/mol. The number of hydrogen-bond acceptors (Lipinski definition) is 4. The van der Waals surface area contributed by atoms with Gasteiger partial charge in [-0.15, -0.1) is 0 Å². The van der Waals surface area contributed by atoms with Crippen LogP contribution in [-0.2, 0) is 23.1 Å². The van der Waals surface area contributed by atoms with Gasteiger partial charge in [0.2, 0.25) is 0 Å². The lowest BCUT2D eigenvalue weighted by atomic mass is 10.1. The normalized spacial score (nSPS) is 11.7. The third-order valence-corrected chi connectivity index (χ3v) is 3.69. The topological polar surface area (TPSA) is 87.7 Å². The molecule has 0 aliphatic rings. The first-order valence-electron chi connectivity index (χ1n) is 5.65. The lowest BCUT2D eigenvalue weighted by molar-refractivity contribution is 0.244. The van der Waals surface area contributed by atoms with E-state index in [-0.39, 0.29) is 17.9 Å². The molecule has 19 heavy (non-hydrogen) atoms. The van der Waals surface area contributed by atoms with Gasteiger partial charge in [-0.05, 0) is 30.7 Å². The molecule has 0 bridgehead atoms. The molecule has 6 heteroatoms. The van der Waals surface area contributed by atoms with Gasteiger partial charge in [0.05, 0.1) is 4.90 Å². The zero-order valence-electron chi connectivity index (χ0n) is 10.3. The highest BCUT2D eigenvalue weighted by molar-refractivity contribution is 7.85. The molecule has 5 nitrogen and oxygen atoms in total. The van der Waals surface area contributed by atoms with Crippen LogP contribution in [0.5, 0.6) is 0 Å². The van der Waals surface area contributed by atoms with E-state index in [4.69, 9.17) is 9.52 Å². The summed E-state index contributed by atoms with van der Waals surface area (Å²) in [6, 6.07) is 7.97. The van der Waals surface area contributed by atoms with Crippen LogP contribution in [0.4, 0.5) is 0 Å². The second kappa shape index (κ2) is 5.16. The van der Waals surface area contributed by atoms with Crippen LogP contribution in [0.25, 0.3) is 0 Å². The summed E-state index contributed by atoms with van der Waals surface area (Å²) >= 11 is 0. The summed E-state index contributed by atoms with van der Waals surface area (Å²) in [6.45, 7) is 1.62. The standard InChI is InChI=1S/C13H14O5S/c1-9-2-5-13(19(15,16)17)10(6-9)7-11-3-4-12(8-14)18-11/h2-6,14H,7-8H2,1H3,(H,15,16,17). The van der Waals surface area contributed by atoms with E-state index in [1.807, 2.05) is 6.92 Å². The van der Waals surface area contributed by atoms with Gasteiger partial charge >= 0.3 is 0 Å². The highest BCUT2D eigenvalue weighted by atomic mass is 32.2. The average Bonchev–Trinajstić information content (AvgIpc) is 2.75. The minimum Gasteiger partial charge on any atom is -0.463 e. The molecule has 0 fully saturated rings. The van der Waals surface area contributed by atoms with E-state index in [1.54, 1.807) is 24.3 Å². The van der Waals surface area contributed by atoms with E-state index in [9.17, 15) is 13.0 Å².